The van der Waals surface area contributed by atoms with Crippen LogP contribution < -0.4 is 10.5 Å². The third kappa shape index (κ3) is 4.46. The molecule has 0 radical (unpaired) electrons. The third-order valence-electron chi connectivity index (χ3n) is 5.78. The van der Waals surface area contributed by atoms with Crippen molar-refractivity contribution >= 4 is 11.8 Å². The second-order valence-electron chi connectivity index (χ2n) is 7.94. The van der Waals surface area contributed by atoms with E-state index in [9.17, 15) is 14.0 Å². The molecular weight excluding hydrogens is 409 g/mol. The van der Waals surface area contributed by atoms with Crippen LogP contribution in [0, 0.1) is 5.82 Å². The minimum Gasteiger partial charge on any atom is -0.489 e. The summed E-state index contributed by atoms with van der Waals surface area (Å²) in [6.07, 6.45) is 2.81. The lowest BCUT2D eigenvalue weighted by Crippen LogP contribution is -2.55. The lowest BCUT2D eigenvalue weighted by molar-refractivity contribution is -0.125. The number of nitrogens with two attached hydrogens (primary N) is 1. The molecule has 0 spiro atoms. The Balaban J connectivity index is 1.51. The number of carbonyl (C=O) groups excluding carboxylic acids is 2. The summed E-state index contributed by atoms with van der Waals surface area (Å²) in [6, 6.07) is 18.4. The molecule has 32 heavy (non-hydrogen) atoms. The van der Waals surface area contributed by atoms with Gasteiger partial charge in [-0.25, -0.2) is 4.39 Å². The number of likely N-dealkylation sites (tertiary alicyclic amines) is 1. The standard InChI is InChI=1S/C25H24FN3O3/c26-20-8-3-6-18(14-20)16-32-21-9-4-7-19(15-21)23(30)29-13-5-11-25(17-29,24(27)31)22-10-1-2-12-28-22/h1-4,6-10,12,14-15H,5,11,13,16-17H2,(H2,27,31). The Bertz CT molecular complexity index is 1120. The Morgan fingerprint density at radius 2 is 1.94 bits per heavy atom. The SMILES string of the molecule is NC(=O)C1(c2ccccn2)CCCN(C(=O)c2cccc(OCc3cccc(F)c3)c2)C1. The zero-order chi connectivity index (χ0) is 22.6. The van der Waals surface area contributed by atoms with E-state index in [1.807, 2.05) is 6.07 Å². The van der Waals surface area contributed by atoms with Gasteiger partial charge in [0, 0.05) is 24.8 Å². The van der Waals surface area contributed by atoms with E-state index in [-0.39, 0.29) is 24.9 Å². The lowest BCUT2D eigenvalue weighted by Gasteiger charge is -2.40. The molecule has 1 fully saturated rings. The van der Waals surface area contributed by atoms with Crippen LogP contribution in [0.3, 0.4) is 0 Å². The van der Waals surface area contributed by atoms with Gasteiger partial charge in [0.05, 0.1) is 5.69 Å². The molecule has 2 amide bonds. The van der Waals surface area contributed by atoms with Gasteiger partial charge in [-0.05, 0) is 60.9 Å². The highest BCUT2D eigenvalue weighted by Gasteiger charge is 2.44. The summed E-state index contributed by atoms with van der Waals surface area (Å²) >= 11 is 0. The summed E-state index contributed by atoms with van der Waals surface area (Å²) in [7, 11) is 0. The van der Waals surface area contributed by atoms with E-state index in [0.29, 0.717) is 42.0 Å². The summed E-state index contributed by atoms with van der Waals surface area (Å²) in [5.41, 5.74) is 6.51. The largest absolute Gasteiger partial charge is 0.489 e. The normalized spacial score (nSPS) is 18.2. The van der Waals surface area contributed by atoms with Gasteiger partial charge >= 0.3 is 0 Å². The zero-order valence-corrected chi connectivity index (χ0v) is 17.5. The third-order valence-corrected chi connectivity index (χ3v) is 5.78. The van der Waals surface area contributed by atoms with Gasteiger partial charge in [-0.3, -0.25) is 14.6 Å². The van der Waals surface area contributed by atoms with Gasteiger partial charge in [0.15, 0.2) is 0 Å². The molecule has 1 saturated heterocycles. The van der Waals surface area contributed by atoms with Gasteiger partial charge in [0.25, 0.3) is 5.91 Å². The van der Waals surface area contributed by atoms with Crippen LogP contribution in [0.15, 0.2) is 72.9 Å². The summed E-state index contributed by atoms with van der Waals surface area (Å²) < 4.78 is 19.1. The molecule has 1 aromatic heterocycles. The smallest absolute Gasteiger partial charge is 0.254 e. The van der Waals surface area contributed by atoms with E-state index in [4.69, 9.17) is 10.5 Å². The van der Waals surface area contributed by atoms with Crippen molar-refractivity contribution in [3.8, 4) is 5.75 Å². The van der Waals surface area contributed by atoms with Crippen molar-refractivity contribution < 1.29 is 18.7 Å². The fourth-order valence-electron chi connectivity index (χ4n) is 4.11. The van der Waals surface area contributed by atoms with E-state index in [0.717, 1.165) is 0 Å². The minimum absolute atomic E-state index is 0.173. The predicted molar refractivity (Wildman–Crippen MR) is 117 cm³/mol. The molecule has 0 bridgehead atoms. The topological polar surface area (TPSA) is 85.5 Å². The number of benzene rings is 2. The molecule has 164 valence electrons. The monoisotopic (exact) mass is 433 g/mol. The van der Waals surface area contributed by atoms with Gasteiger partial charge in [-0.15, -0.1) is 0 Å². The van der Waals surface area contributed by atoms with Crippen molar-refractivity contribution in [3.63, 3.8) is 0 Å². The number of hydrogen-bond acceptors (Lipinski definition) is 4. The summed E-state index contributed by atoms with van der Waals surface area (Å²) in [5.74, 6) is -0.516. The average Bonchev–Trinajstić information content (AvgIpc) is 2.83. The number of piperidine rings is 1. The van der Waals surface area contributed by atoms with Crippen LogP contribution in [0.25, 0.3) is 0 Å². The highest BCUT2D eigenvalue weighted by atomic mass is 19.1. The van der Waals surface area contributed by atoms with E-state index in [2.05, 4.69) is 4.98 Å². The first kappa shape index (κ1) is 21.5. The summed E-state index contributed by atoms with van der Waals surface area (Å²) in [4.78, 5) is 31.7. The number of carbonyl (C=O) groups is 2. The quantitative estimate of drug-likeness (QED) is 0.645. The number of rotatable bonds is 6. The molecule has 2 aromatic carbocycles. The molecule has 3 aromatic rings. The Kier molecular flexibility index (Phi) is 6.16. The molecule has 6 nitrogen and oxygen atoms in total. The van der Waals surface area contributed by atoms with Crippen LogP contribution in [0.4, 0.5) is 4.39 Å². The highest BCUT2D eigenvalue weighted by molar-refractivity contribution is 5.96. The van der Waals surface area contributed by atoms with Crippen LogP contribution in [0.1, 0.15) is 34.5 Å². The van der Waals surface area contributed by atoms with Crippen LogP contribution in [-0.2, 0) is 16.8 Å². The van der Waals surface area contributed by atoms with Gasteiger partial charge in [-0.1, -0.05) is 24.3 Å². The molecule has 1 atom stereocenters. The molecule has 1 unspecified atom stereocenters. The van der Waals surface area contributed by atoms with Gasteiger partial charge < -0.3 is 15.4 Å². The summed E-state index contributed by atoms with van der Waals surface area (Å²) in [6.45, 7) is 0.880. The number of amides is 2. The average molecular weight is 433 g/mol. The molecular formula is C25H24FN3O3. The van der Waals surface area contributed by atoms with Crippen molar-refractivity contribution in [2.45, 2.75) is 24.9 Å². The van der Waals surface area contributed by atoms with Crippen molar-refractivity contribution in [1.82, 2.24) is 9.88 Å². The van der Waals surface area contributed by atoms with Crippen LogP contribution >= 0.6 is 0 Å². The summed E-state index contributed by atoms with van der Waals surface area (Å²) in [5, 5.41) is 0. The molecule has 0 saturated carbocycles. The van der Waals surface area contributed by atoms with E-state index in [1.165, 1.54) is 12.1 Å². The van der Waals surface area contributed by atoms with Crippen LogP contribution in [0.2, 0.25) is 0 Å². The minimum atomic E-state index is -1.01. The Labute approximate surface area is 185 Å². The second-order valence-corrected chi connectivity index (χ2v) is 7.94. The number of halogens is 1. The maximum atomic E-state index is 13.4. The van der Waals surface area contributed by atoms with Gasteiger partial charge in [0.1, 0.15) is 23.6 Å². The first-order valence-electron chi connectivity index (χ1n) is 10.5. The fraction of sp³-hybridized carbons (Fsp3) is 0.240. The fourth-order valence-corrected chi connectivity index (χ4v) is 4.11. The molecule has 4 rings (SSSR count). The molecule has 2 heterocycles. The van der Waals surface area contributed by atoms with Crippen molar-refractivity contribution in [2.24, 2.45) is 5.73 Å². The van der Waals surface area contributed by atoms with Gasteiger partial charge in [-0.2, -0.15) is 0 Å². The van der Waals surface area contributed by atoms with Crippen LogP contribution in [-0.4, -0.2) is 34.8 Å². The number of pyridine rings is 1. The molecule has 1 aliphatic heterocycles. The van der Waals surface area contributed by atoms with Gasteiger partial charge in [0.2, 0.25) is 5.91 Å². The predicted octanol–water partition coefficient (Wildman–Crippen LogP) is 3.46. The maximum Gasteiger partial charge on any atom is 0.254 e. The maximum absolute atomic E-state index is 13.4. The number of ether oxygens (including phenoxy) is 1. The Morgan fingerprint density at radius 3 is 2.69 bits per heavy atom. The first-order chi connectivity index (χ1) is 15.5. The van der Waals surface area contributed by atoms with Crippen LogP contribution in [0.5, 0.6) is 5.75 Å². The number of primary amides is 1. The first-order valence-corrected chi connectivity index (χ1v) is 10.5. The zero-order valence-electron chi connectivity index (χ0n) is 17.5. The Hall–Kier alpha value is -3.74. The van der Waals surface area contributed by atoms with E-state index in [1.54, 1.807) is 59.6 Å². The highest BCUT2D eigenvalue weighted by Crippen LogP contribution is 2.33. The van der Waals surface area contributed by atoms with E-state index >= 15 is 0 Å². The Morgan fingerprint density at radius 1 is 1.09 bits per heavy atom. The second kappa shape index (κ2) is 9.18. The molecule has 1 aliphatic rings. The van der Waals surface area contributed by atoms with E-state index < -0.39 is 11.3 Å². The molecule has 0 aliphatic carbocycles. The molecule has 2 N–H and O–H groups in total. The molecule has 7 heteroatoms. The number of hydrogen-bond donors (Lipinski definition) is 1. The number of aromatic nitrogens is 1. The van der Waals surface area contributed by atoms with Crippen molar-refractivity contribution in [2.75, 3.05) is 13.1 Å². The van der Waals surface area contributed by atoms with Crippen molar-refractivity contribution in [3.05, 3.63) is 95.6 Å². The number of nitrogens with zero attached hydrogens (tertiary/aromatic N) is 2. The van der Waals surface area contributed by atoms with Crippen molar-refractivity contribution in [1.29, 1.82) is 0 Å². The lowest BCUT2D eigenvalue weighted by atomic mass is 9.76.